The van der Waals surface area contributed by atoms with Crippen LogP contribution in [0, 0.1) is 0 Å². The van der Waals surface area contributed by atoms with E-state index in [0.29, 0.717) is 6.54 Å². The maximum Gasteiger partial charge on any atom is 0.227 e. The Morgan fingerprint density at radius 2 is 2.09 bits per heavy atom. The zero-order valence-corrected chi connectivity index (χ0v) is 14.0. The van der Waals surface area contributed by atoms with Gasteiger partial charge in [0.25, 0.3) is 0 Å². The number of hydrogen-bond acceptors (Lipinski definition) is 4. The highest BCUT2D eigenvalue weighted by molar-refractivity contribution is 9.10. The first-order chi connectivity index (χ1) is 10.7. The second kappa shape index (κ2) is 6.89. The van der Waals surface area contributed by atoms with Gasteiger partial charge in [-0.3, -0.25) is 4.79 Å². The Morgan fingerprint density at radius 1 is 1.27 bits per heavy atom. The van der Waals surface area contributed by atoms with E-state index in [2.05, 4.69) is 26.2 Å². The number of benzene rings is 1. The van der Waals surface area contributed by atoms with Crippen molar-refractivity contribution in [1.29, 1.82) is 0 Å². The van der Waals surface area contributed by atoms with Crippen molar-refractivity contribution in [2.45, 2.75) is 13.0 Å². The van der Waals surface area contributed by atoms with Crippen LogP contribution in [0.3, 0.4) is 0 Å². The molecule has 0 saturated heterocycles. The predicted molar refractivity (Wildman–Crippen MR) is 89.5 cm³/mol. The third-order valence-electron chi connectivity index (χ3n) is 3.04. The number of amides is 1. The molecule has 0 bridgehead atoms. The van der Waals surface area contributed by atoms with E-state index in [9.17, 15) is 4.79 Å². The van der Waals surface area contributed by atoms with Gasteiger partial charge in [-0.2, -0.15) is 0 Å². The molecule has 0 radical (unpaired) electrons. The Bertz CT molecular complexity index is 751. The van der Waals surface area contributed by atoms with E-state index in [1.165, 1.54) is 11.3 Å². The van der Waals surface area contributed by atoms with Crippen LogP contribution >= 0.6 is 27.3 Å². The van der Waals surface area contributed by atoms with Gasteiger partial charge in [0.15, 0.2) is 0 Å². The van der Waals surface area contributed by atoms with Crippen molar-refractivity contribution >= 4 is 33.2 Å². The Balaban J connectivity index is 1.59. The van der Waals surface area contributed by atoms with Gasteiger partial charge in [0, 0.05) is 15.4 Å². The van der Waals surface area contributed by atoms with Crippen LogP contribution in [0.25, 0.3) is 11.3 Å². The minimum Gasteiger partial charge on any atom is -0.467 e. The van der Waals surface area contributed by atoms with E-state index in [4.69, 9.17) is 4.42 Å². The lowest BCUT2D eigenvalue weighted by atomic mass is 10.2. The summed E-state index contributed by atoms with van der Waals surface area (Å²) < 4.78 is 6.21. The summed E-state index contributed by atoms with van der Waals surface area (Å²) in [5.74, 6) is 0.677. The van der Waals surface area contributed by atoms with Gasteiger partial charge in [0.05, 0.1) is 24.9 Å². The van der Waals surface area contributed by atoms with E-state index < -0.39 is 0 Å². The molecule has 0 aliphatic rings. The lowest BCUT2D eigenvalue weighted by molar-refractivity contribution is -0.120. The molecule has 0 aliphatic heterocycles. The monoisotopic (exact) mass is 376 g/mol. The van der Waals surface area contributed by atoms with Gasteiger partial charge >= 0.3 is 0 Å². The van der Waals surface area contributed by atoms with Crippen LogP contribution in [-0.4, -0.2) is 10.9 Å². The molecule has 112 valence electrons. The number of nitrogens with one attached hydrogen (secondary N) is 1. The molecule has 0 unspecified atom stereocenters. The molecule has 1 amide bonds. The second-order valence-electron chi connectivity index (χ2n) is 4.67. The van der Waals surface area contributed by atoms with E-state index in [1.807, 2.05) is 35.7 Å². The SMILES string of the molecule is O=C(Cc1nc(-c2ccc(Br)cc2)cs1)NCc1ccco1. The van der Waals surface area contributed by atoms with Gasteiger partial charge < -0.3 is 9.73 Å². The highest BCUT2D eigenvalue weighted by Crippen LogP contribution is 2.23. The first-order valence-electron chi connectivity index (χ1n) is 6.70. The molecule has 2 heterocycles. The quantitative estimate of drug-likeness (QED) is 0.731. The summed E-state index contributed by atoms with van der Waals surface area (Å²) >= 11 is 4.90. The Labute approximate surface area is 140 Å². The number of aromatic nitrogens is 1. The topological polar surface area (TPSA) is 55.1 Å². The summed E-state index contributed by atoms with van der Waals surface area (Å²) in [6.07, 6.45) is 1.87. The molecule has 2 aromatic heterocycles. The highest BCUT2D eigenvalue weighted by Gasteiger charge is 2.09. The van der Waals surface area contributed by atoms with E-state index >= 15 is 0 Å². The van der Waals surface area contributed by atoms with Gasteiger partial charge in [-0.05, 0) is 24.3 Å². The molecular weight excluding hydrogens is 364 g/mol. The summed E-state index contributed by atoms with van der Waals surface area (Å²) in [5.41, 5.74) is 1.94. The van der Waals surface area contributed by atoms with Crippen LogP contribution in [-0.2, 0) is 17.8 Å². The summed E-state index contributed by atoms with van der Waals surface area (Å²) in [6.45, 7) is 0.400. The fourth-order valence-electron chi connectivity index (χ4n) is 1.94. The number of carbonyl (C=O) groups is 1. The molecule has 3 aromatic rings. The number of thiazole rings is 1. The first kappa shape index (κ1) is 15.0. The average Bonchev–Trinajstić information content (AvgIpc) is 3.17. The second-order valence-corrected chi connectivity index (χ2v) is 6.52. The van der Waals surface area contributed by atoms with Crippen molar-refractivity contribution in [3.63, 3.8) is 0 Å². The van der Waals surface area contributed by atoms with Crippen molar-refractivity contribution in [1.82, 2.24) is 10.3 Å². The Kier molecular flexibility index (Phi) is 4.70. The third kappa shape index (κ3) is 3.84. The van der Waals surface area contributed by atoms with Crippen LogP contribution in [0.1, 0.15) is 10.8 Å². The van der Waals surface area contributed by atoms with Crippen molar-refractivity contribution in [3.8, 4) is 11.3 Å². The fraction of sp³-hybridized carbons (Fsp3) is 0.125. The molecule has 0 saturated carbocycles. The van der Waals surface area contributed by atoms with Crippen LogP contribution in [0.2, 0.25) is 0 Å². The maximum atomic E-state index is 11.9. The molecule has 0 spiro atoms. The van der Waals surface area contributed by atoms with Crippen molar-refractivity contribution in [3.05, 3.63) is 63.3 Å². The molecule has 1 aromatic carbocycles. The molecule has 0 aliphatic carbocycles. The maximum absolute atomic E-state index is 11.9. The number of rotatable bonds is 5. The average molecular weight is 377 g/mol. The van der Waals surface area contributed by atoms with Gasteiger partial charge in [-0.15, -0.1) is 11.3 Å². The largest absolute Gasteiger partial charge is 0.467 e. The number of nitrogens with zero attached hydrogens (tertiary/aromatic N) is 1. The lowest BCUT2D eigenvalue weighted by Gasteiger charge is -2.01. The molecule has 1 N–H and O–H groups in total. The third-order valence-corrected chi connectivity index (χ3v) is 4.42. The van der Waals surface area contributed by atoms with Gasteiger partial charge in [-0.1, -0.05) is 28.1 Å². The van der Waals surface area contributed by atoms with Gasteiger partial charge in [-0.25, -0.2) is 4.98 Å². The fourth-order valence-corrected chi connectivity index (χ4v) is 3.01. The van der Waals surface area contributed by atoms with E-state index in [0.717, 1.165) is 26.5 Å². The van der Waals surface area contributed by atoms with Crippen molar-refractivity contribution in [2.75, 3.05) is 0 Å². The summed E-state index contributed by atoms with van der Waals surface area (Å²) in [4.78, 5) is 16.4. The number of carbonyl (C=O) groups excluding carboxylic acids is 1. The van der Waals surface area contributed by atoms with E-state index in [-0.39, 0.29) is 12.3 Å². The zero-order chi connectivity index (χ0) is 15.4. The predicted octanol–water partition coefficient (Wildman–Crippen LogP) is 4.02. The standard InChI is InChI=1S/C16H13BrN2O2S/c17-12-5-3-11(4-6-12)14-10-22-16(19-14)8-15(20)18-9-13-2-1-7-21-13/h1-7,10H,8-9H2,(H,18,20). The normalized spacial score (nSPS) is 10.6. The number of furan rings is 1. The van der Waals surface area contributed by atoms with Crippen LogP contribution in [0.4, 0.5) is 0 Å². The smallest absolute Gasteiger partial charge is 0.227 e. The molecule has 0 fully saturated rings. The minimum absolute atomic E-state index is 0.0619. The summed E-state index contributed by atoms with van der Waals surface area (Å²) in [7, 11) is 0. The Morgan fingerprint density at radius 3 is 2.82 bits per heavy atom. The van der Waals surface area contributed by atoms with Crippen molar-refractivity contribution in [2.24, 2.45) is 0 Å². The Hall–Kier alpha value is -1.92. The summed E-state index contributed by atoms with van der Waals surface area (Å²) in [5, 5.41) is 5.59. The van der Waals surface area contributed by atoms with Crippen LogP contribution in [0.5, 0.6) is 0 Å². The molecule has 4 nitrogen and oxygen atoms in total. The van der Waals surface area contributed by atoms with Crippen molar-refractivity contribution < 1.29 is 9.21 Å². The molecule has 22 heavy (non-hydrogen) atoms. The molecular formula is C16H13BrN2O2S. The molecule has 0 atom stereocenters. The first-order valence-corrected chi connectivity index (χ1v) is 8.37. The zero-order valence-electron chi connectivity index (χ0n) is 11.6. The number of hydrogen-bond donors (Lipinski definition) is 1. The molecule has 6 heteroatoms. The van der Waals surface area contributed by atoms with Gasteiger partial charge in [0.1, 0.15) is 10.8 Å². The van der Waals surface area contributed by atoms with Crippen LogP contribution < -0.4 is 5.32 Å². The van der Waals surface area contributed by atoms with Crippen LogP contribution in [0.15, 0.2) is 56.9 Å². The summed E-state index contributed by atoms with van der Waals surface area (Å²) in [6, 6.07) is 11.6. The highest BCUT2D eigenvalue weighted by atomic mass is 79.9. The minimum atomic E-state index is -0.0619. The molecule has 3 rings (SSSR count). The van der Waals surface area contributed by atoms with Gasteiger partial charge in [0.2, 0.25) is 5.91 Å². The number of halogens is 1. The lowest BCUT2D eigenvalue weighted by Crippen LogP contribution is -2.24. The van der Waals surface area contributed by atoms with E-state index in [1.54, 1.807) is 12.3 Å².